The van der Waals surface area contributed by atoms with Crippen LogP contribution in [0.15, 0.2) is 41.3 Å². The van der Waals surface area contributed by atoms with E-state index in [1.54, 1.807) is 18.2 Å². The van der Waals surface area contributed by atoms with Crippen LogP contribution in [-0.2, 0) is 29.1 Å². The van der Waals surface area contributed by atoms with Crippen molar-refractivity contribution in [2.75, 3.05) is 27.3 Å². The number of sulfonamides is 1. The summed E-state index contributed by atoms with van der Waals surface area (Å²) in [5, 5.41) is 0. The number of hydrogen-bond acceptors (Lipinski definition) is 6. The first kappa shape index (κ1) is 20.5. The quantitative estimate of drug-likeness (QED) is 0.560. The first-order chi connectivity index (χ1) is 13.1. The smallest absolute Gasteiger partial charge is 0.318 e. The number of esters is 2. The van der Waals surface area contributed by atoms with Crippen LogP contribution in [0.2, 0.25) is 0 Å². The third-order valence-electron chi connectivity index (χ3n) is 5.89. The van der Waals surface area contributed by atoms with E-state index in [2.05, 4.69) is 0 Å². The Labute approximate surface area is 165 Å². The Kier molecular flexibility index (Phi) is 5.14. The Balaban J connectivity index is 2.14. The van der Waals surface area contributed by atoms with Crippen LogP contribution in [0.25, 0.3) is 0 Å². The van der Waals surface area contributed by atoms with E-state index in [0.717, 1.165) is 5.56 Å². The van der Waals surface area contributed by atoms with E-state index >= 15 is 0 Å². The summed E-state index contributed by atoms with van der Waals surface area (Å²) in [5.41, 5.74) is -1.82. The zero-order chi connectivity index (χ0) is 20.7. The van der Waals surface area contributed by atoms with Gasteiger partial charge in [-0.25, -0.2) is 8.42 Å². The van der Waals surface area contributed by atoms with Gasteiger partial charge in [0.1, 0.15) is 10.8 Å². The number of ether oxygens (including phenoxy) is 2. The Morgan fingerprint density at radius 2 is 1.68 bits per heavy atom. The van der Waals surface area contributed by atoms with Gasteiger partial charge in [0.25, 0.3) is 0 Å². The van der Waals surface area contributed by atoms with E-state index < -0.39 is 32.8 Å². The molecular formula is C20H25NO6S. The number of rotatable bonds is 4. The number of allylic oxidation sites excluding steroid dienone is 1. The van der Waals surface area contributed by atoms with Gasteiger partial charge in [0.15, 0.2) is 0 Å². The summed E-state index contributed by atoms with van der Waals surface area (Å²) in [5.74, 6) is -1.25. The van der Waals surface area contributed by atoms with Gasteiger partial charge in [-0.1, -0.05) is 36.8 Å². The van der Waals surface area contributed by atoms with E-state index in [9.17, 15) is 18.0 Å². The monoisotopic (exact) mass is 407 g/mol. The van der Waals surface area contributed by atoms with Crippen LogP contribution in [0.1, 0.15) is 18.9 Å². The van der Waals surface area contributed by atoms with Gasteiger partial charge in [0, 0.05) is 13.1 Å². The number of nitrogens with zero attached hydrogens (tertiary/aromatic N) is 1. The van der Waals surface area contributed by atoms with Gasteiger partial charge in [-0.15, -0.1) is 0 Å². The highest BCUT2D eigenvalue weighted by Gasteiger charge is 2.69. The van der Waals surface area contributed by atoms with Gasteiger partial charge < -0.3 is 9.47 Å². The van der Waals surface area contributed by atoms with E-state index in [1.165, 1.54) is 30.7 Å². The molecule has 1 aromatic rings. The highest BCUT2D eigenvalue weighted by Crippen LogP contribution is 2.56. The van der Waals surface area contributed by atoms with Gasteiger partial charge in [-0.2, -0.15) is 4.31 Å². The Hall–Kier alpha value is -2.19. The third kappa shape index (κ3) is 2.86. The molecule has 28 heavy (non-hydrogen) atoms. The van der Waals surface area contributed by atoms with Crippen LogP contribution in [-0.4, -0.2) is 52.0 Å². The minimum Gasteiger partial charge on any atom is -0.469 e. The Morgan fingerprint density at radius 3 is 2.25 bits per heavy atom. The summed E-state index contributed by atoms with van der Waals surface area (Å²) in [7, 11) is -1.42. The summed E-state index contributed by atoms with van der Waals surface area (Å²) in [6.07, 6.45) is 3.76. The lowest BCUT2D eigenvalue weighted by Crippen LogP contribution is -2.54. The van der Waals surface area contributed by atoms with Crippen LogP contribution in [0.4, 0.5) is 0 Å². The summed E-state index contributed by atoms with van der Waals surface area (Å²) >= 11 is 0. The lowest BCUT2D eigenvalue weighted by molar-refractivity contribution is -0.171. The highest BCUT2D eigenvalue weighted by atomic mass is 32.2. The zero-order valence-electron chi connectivity index (χ0n) is 16.5. The number of carbonyl (C=O) groups excluding carboxylic acids is 2. The molecule has 3 rings (SSSR count). The topological polar surface area (TPSA) is 90.0 Å². The van der Waals surface area contributed by atoms with Crippen molar-refractivity contribution in [2.24, 2.45) is 16.7 Å². The SMILES string of the molecule is COC(=O)[C@@]12C[C@@H](C)C=C[C@]1(C(=O)OC)CN(S(=O)(=O)c1ccc(C)cc1)C2. The molecule has 0 saturated carbocycles. The van der Waals surface area contributed by atoms with Crippen LogP contribution < -0.4 is 0 Å². The maximum Gasteiger partial charge on any atom is 0.318 e. The molecule has 1 saturated heterocycles. The molecule has 0 unspecified atom stereocenters. The molecule has 0 spiro atoms. The molecule has 0 bridgehead atoms. The normalized spacial score (nSPS) is 29.9. The summed E-state index contributed by atoms with van der Waals surface area (Å²) in [6, 6.07) is 6.48. The van der Waals surface area contributed by atoms with Crippen molar-refractivity contribution in [1.82, 2.24) is 4.31 Å². The average molecular weight is 407 g/mol. The number of carbonyl (C=O) groups is 2. The molecule has 1 heterocycles. The molecule has 1 aliphatic carbocycles. The Bertz CT molecular complexity index is 923. The van der Waals surface area contributed by atoms with Crippen molar-refractivity contribution in [3.05, 3.63) is 42.0 Å². The molecular weight excluding hydrogens is 382 g/mol. The minimum atomic E-state index is -3.91. The van der Waals surface area contributed by atoms with Crippen LogP contribution in [0.3, 0.4) is 0 Å². The summed E-state index contributed by atoms with van der Waals surface area (Å²) < 4.78 is 37.8. The molecule has 0 aromatic heterocycles. The fourth-order valence-corrected chi connectivity index (χ4v) is 5.94. The number of hydrogen-bond donors (Lipinski definition) is 0. The van der Waals surface area contributed by atoms with E-state index in [4.69, 9.17) is 9.47 Å². The fourth-order valence-electron chi connectivity index (χ4n) is 4.40. The van der Waals surface area contributed by atoms with Gasteiger partial charge >= 0.3 is 11.9 Å². The molecule has 2 aliphatic rings. The maximum atomic E-state index is 13.3. The van der Waals surface area contributed by atoms with E-state index in [1.807, 2.05) is 19.9 Å². The van der Waals surface area contributed by atoms with Crippen LogP contribution in [0, 0.1) is 23.7 Å². The molecule has 1 aliphatic heterocycles. The van der Waals surface area contributed by atoms with Gasteiger partial charge in [0.05, 0.1) is 19.1 Å². The Morgan fingerprint density at radius 1 is 1.07 bits per heavy atom. The molecule has 0 amide bonds. The molecule has 3 atom stereocenters. The van der Waals surface area contributed by atoms with E-state index in [-0.39, 0.29) is 23.9 Å². The molecule has 0 N–H and O–H groups in total. The molecule has 152 valence electrons. The highest BCUT2D eigenvalue weighted by molar-refractivity contribution is 7.89. The zero-order valence-corrected chi connectivity index (χ0v) is 17.3. The standard InChI is InChI=1S/C20H25NO6S/c1-14-5-7-16(8-6-14)28(24,25)21-12-19(17(22)26-3)10-9-15(2)11-20(19,13-21)18(23)27-4/h5-10,15H,11-13H2,1-4H3/t15-,19+,20-/m0/s1. The molecule has 7 nitrogen and oxygen atoms in total. The van der Waals surface area contributed by atoms with Crippen LogP contribution in [0.5, 0.6) is 0 Å². The predicted molar refractivity (Wildman–Crippen MR) is 102 cm³/mol. The van der Waals surface area contributed by atoms with Crippen molar-refractivity contribution < 1.29 is 27.5 Å². The van der Waals surface area contributed by atoms with Crippen LogP contribution >= 0.6 is 0 Å². The number of benzene rings is 1. The largest absolute Gasteiger partial charge is 0.469 e. The second-order valence-corrected chi connectivity index (χ2v) is 9.60. The predicted octanol–water partition coefficient (Wildman–Crippen LogP) is 1.91. The second-order valence-electron chi connectivity index (χ2n) is 7.66. The second kappa shape index (κ2) is 7.00. The molecule has 1 fully saturated rings. The molecule has 8 heteroatoms. The summed E-state index contributed by atoms with van der Waals surface area (Å²) in [4.78, 5) is 25.9. The van der Waals surface area contributed by atoms with Crippen molar-refractivity contribution in [2.45, 2.75) is 25.2 Å². The summed E-state index contributed by atoms with van der Waals surface area (Å²) in [6.45, 7) is 3.47. The van der Waals surface area contributed by atoms with Gasteiger partial charge in [-0.05, 0) is 31.4 Å². The number of fused-ring (bicyclic) bond motifs is 1. The third-order valence-corrected chi connectivity index (χ3v) is 7.70. The van der Waals surface area contributed by atoms with E-state index in [0.29, 0.717) is 6.42 Å². The van der Waals surface area contributed by atoms with Gasteiger partial charge in [0.2, 0.25) is 10.0 Å². The average Bonchev–Trinajstić information content (AvgIpc) is 3.04. The number of aryl methyl sites for hydroxylation is 1. The fraction of sp³-hybridized carbons (Fsp3) is 0.500. The first-order valence-corrected chi connectivity index (χ1v) is 10.5. The molecule has 1 aromatic carbocycles. The molecule has 0 radical (unpaired) electrons. The van der Waals surface area contributed by atoms with Crippen molar-refractivity contribution in [3.63, 3.8) is 0 Å². The van der Waals surface area contributed by atoms with Gasteiger partial charge in [-0.3, -0.25) is 9.59 Å². The lowest BCUT2D eigenvalue weighted by atomic mass is 9.58. The maximum absolute atomic E-state index is 13.3. The van der Waals surface area contributed by atoms with Crippen molar-refractivity contribution in [1.29, 1.82) is 0 Å². The van der Waals surface area contributed by atoms with Crippen molar-refractivity contribution >= 4 is 22.0 Å². The lowest BCUT2D eigenvalue weighted by Gasteiger charge is -2.42. The first-order valence-electron chi connectivity index (χ1n) is 9.06. The minimum absolute atomic E-state index is 0.0149. The number of methoxy groups -OCH3 is 2. The van der Waals surface area contributed by atoms with Crippen molar-refractivity contribution in [3.8, 4) is 0 Å².